The molecule has 0 unspecified atom stereocenters. The van der Waals surface area contributed by atoms with Crippen molar-refractivity contribution < 1.29 is 14.3 Å². The number of rotatable bonds is 5. The number of ether oxygens (including phenoxy) is 2. The van der Waals surface area contributed by atoms with Crippen molar-refractivity contribution in [1.82, 2.24) is 9.88 Å². The molecule has 0 aliphatic carbocycles. The topological polar surface area (TPSA) is 51.7 Å². The van der Waals surface area contributed by atoms with Gasteiger partial charge in [0.1, 0.15) is 5.60 Å². The zero-order valence-electron chi connectivity index (χ0n) is 13.3. The van der Waals surface area contributed by atoms with Gasteiger partial charge in [0.05, 0.1) is 36.5 Å². The van der Waals surface area contributed by atoms with E-state index < -0.39 is 0 Å². The summed E-state index contributed by atoms with van der Waals surface area (Å²) >= 11 is 1.65. The first-order valence-corrected chi connectivity index (χ1v) is 8.92. The molecule has 0 saturated carbocycles. The molecule has 2 fully saturated rings. The average molecular weight is 324 g/mol. The number of aryl methyl sites for hydroxylation is 1. The largest absolute Gasteiger partial charge is 0.372 e. The van der Waals surface area contributed by atoms with E-state index in [1.54, 1.807) is 11.3 Å². The van der Waals surface area contributed by atoms with Crippen molar-refractivity contribution >= 4 is 17.2 Å². The quantitative estimate of drug-likeness (QED) is 0.835. The van der Waals surface area contributed by atoms with Crippen LogP contribution in [0.3, 0.4) is 0 Å². The predicted octanol–water partition coefficient (Wildman–Crippen LogP) is 2.53. The van der Waals surface area contributed by atoms with Crippen LogP contribution < -0.4 is 0 Å². The molecule has 0 bridgehead atoms. The Morgan fingerprint density at radius 2 is 2.41 bits per heavy atom. The Morgan fingerprint density at radius 1 is 1.59 bits per heavy atom. The smallest absolute Gasteiger partial charge is 0.222 e. The maximum Gasteiger partial charge on any atom is 0.222 e. The lowest BCUT2D eigenvalue weighted by Crippen LogP contribution is -2.67. The Morgan fingerprint density at radius 3 is 3.09 bits per heavy atom. The highest BCUT2D eigenvalue weighted by atomic mass is 32.1. The average Bonchev–Trinajstić information content (AvgIpc) is 2.89. The van der Waals surface area contributed by atoms with Gasteiger partial charge in [0.15, 0.2) is 0 Å². The maximum absolute atomic E-state index is 11.9. The Hall–Kier alpha value is -0.980. The maximum atomic E-state index is 11.9. The molecule has 2 aliphatic heterocycles. The number of hydrogen-bond donors (Lipinski definition) is 0. The first-order chi connectivity index (χ1) is 10.6. The summed E-state index contributed by atoms with van der Waals surface area (Å²) in [5, 5.41) is 3.13. The van der Waals surface area contributed by atoms with Crippen LogP contribution in [0, 0.1) is 6.92 Å². The van der Waals surface area contributed by atoms with Crippen LogP contribution in [-0.4, -0.2) is 47.2 Å². The second-order valence-electron chi connectivity index (χ2n) is 6.31. The summed E-state index contributed by atoms with van der Waals surface area (Å²) in [4.78, 5) is 18.2. The lowest BCUT2D eigenvalue weighted by atomic mass is 9.84. The molecule has 2 aliphatic rings. The van der Waals surface area contributed by atoms with Crippen LogP contribution >= 0.6 is 11.3 Å². The second kappa shape index (κ2) is 6.64. The Labute approximate surface area is 135 Å². The summed E-state index contributed by atoms with van der Waals surface area (Å²) in [5.41, 5.74) is 0.848. The van der Waals surface area contributed by atoms with Gasteiger partial charge < -0.3 is 14.4 Å². The van der Waals surface area contributed by atoms with E-state index in [0.29, 0.717) is 13.0 Å². The minimum Gasteiger partial charge on any atom is -0.372 e. The number of amides is 1. The van der Waals surface area contributed by atoms with Gasteiger partial charge in [0.25, 0.3) is 0 Å². The normalized spacial score (nSPS) is 23.5. The Kier molecular flexibility index (Phi) is 4.80. The van der Waals surface area contributed by atoms with Gasteiger partial charge in [-0.05, 0) is 19.8 Å². The van der Waals surface area contributed by atoms with Crippen molar-refractivity contribution in [1.29, 1.82) is 0 Å². The standard InChI is InChI=1S/C16H24N2O3S/c1-3-4-15(19)18-10-16(11-18)7-14(5-6-21-16)20-8-13-9-22-12(2)17-13/h9,14H,3-8,10-11H2,1-2H3/t14-/m1/s1. The molecule has 3 heterocycles. The van der Waals surface area contributed by atoms with Gasteiger partial charge in [-0.25, -0.2) is 4.98 Å². The fourth-order valence-electron chi connectivity index (χ4n) is 3.22. The van der Waals surface area contributed by atoms with E-state index >= 15 is 0 Å². The van der Waals surface area contributed by atoms with E-state index in [2.05, 4.69) is 10.4 Å². The number of likely N-dealkylation sites (tertiary alicyclic amines) is 1. The first-order valence-electron chi connectivity index (χ1n) is 8.04. The number of carbonyl (C=O) groups excluding carboxylic acids is 1. The van der Waals surface area contributed by atoms with Gasteiger partial charge in [-0.15, -0.1) is 11.3 Å². The number of nitrogens with zero attached hydrogens (tertiary/aromatic N) is 2. The van der Waals surface area contributed by atoms with Crippen LogP contribution in [0.15, 0.2) is 5.38 Å². The molecule has 6 heteroatoms. The van der Waals surface area contributed by atoms with E-state index in [9.17, 15) is 4.79 Å². The summed E-state index contributed by atoms with van der Waals surface area (Å²) in [6.45, 7) is 6.78. The molecule has 0 aromatic carbocycles. The molecule has 1 aromatic rings. The van der Waals surface area contributed by atoms with Crippen LogP contribution in [0.4, 0.5) is 0 Å². The SMILES string of the molecule is CCCC(=O)N1CC2(C[C@H](OCc3csc(C)n3)CCO2)C1. The van der Waals surface area contributed by atoms with Crippen molar-refractivity contribution in [2.45, 2.75) is 57.8 Å². The molecule has 3 rings (SSSR count). The zero-order chi connectivity index (χ0) is 15.6. The number of aromatic nitrogens is 1. The molecule has 122 valence electrons. The summed E-state index contributed by atoms with van der Waals surface area (Å²) in [6, 6.07) is 0. The van der Waals surface area contributed by atoms with Crippen LogP contribution in [-0.2, 0) is 20.9 Å². The molecular weight excluding hydrogens is 300 g/mol. The monoisotopic (exact) mass is 324 g/mol. The van der Waals surface area contributed by atoms with Crippen LogP contribution in [0.2, 0.25) is 0 Å². The van der Waals surface area contributed by atoms with Gasteiger partial charge in [-0.2, -0.15) is 0 Å². The van der Waals surface area contributed by atoms with E-state index in [-0.39, 0.29) is 17.6 Å². The Balaban J connectivity index is 1.47. The van der Waals surface area contributed by atoms with Crippen LogP contribution in [0.1, 0.15) is 43.3 Å². The Bertz CT molecular complexity index is 525. The van der Waals surface area contributed by atoms with Crippen LogP contribution in [0.25, 0.3) is 0 Å². The lowest BCUT2D eigenvalue weighted by molar-refractivity contribution is -0.202. The molecule has 0 radical (unpaired) electrons. The highest BCUT2D eigenvalue weighted by molar-refractivity contribution is 7.09. The predicted molar refractivity (Wildman–Crippen MR) is 84.8 cm³/mol. The van der Waals surface area contributed by atoms with Gasteiger partial charge in [-0.1, -0.05) is 6.92 Å². The molecule has 0 N–H and O–H groups in total. The molecule has 1 spiro atoms. The van der Waals surface area contributed by atoms with Gasteiger partial charge >= 0.3 is 0 Å². The van der Waals surface area contributed by atoms with E-state index in [0.717, 1.165) is 49.7 Å². The molecule has 1 aromatic heterocycles. The van der Waals surface area contributed by atoms with Gasteiger partial charge in [0, 0.05) is 24.8 Å². The molecular formula is C16H24N2O3S. The van der Waals surface area contributed by atoms with E-state index in [4.69, 9.17) is 9.47 Å². The number of carbonyl (C=O) groups is 1. The molecule has 1 atom stereocenters. The summed E-state index contributed by atoms with van der Waals surface area (Å²) in [6.07, 6.45) is 3.56. The molecule has 22 heavy (non-hydrogen) atoms. The van der Waals surface area contributed by atoms with Gasteiger partial charge in [0.2, 0.25) is 5.91 Å². The highest BCUT2D eigenvalue weighted by Gasteiger charge is 2.49. The van der Waals surface area contributed by atoms with Crippen LogP contribution in [0.5, 0.6) is 0 Å². The minimum atomic E-state index is -0.162. The number of hydrogen-bond acceptors (Lipinski definition) is 5. The van der Waals surface area contributed by atoms with Crippen molar-refractivity contribution in [2.75, 3.05) is 19.7 Å². The lowest BCUT2D eigenvalue weighted by Gasteiger charge is -2.53. The second-order valence-corrected chi connectivity index (χ2v) is 7.38. The third-order valence-electron chi connectivity index (χ3n) is 4.36. The van der Waals surface area contributed by atoms with Crippen molar-refractivity contribution in [3.8, 4) is 0 Å². The van der Waals surface area contributed by atoms with Crippen molar-refractivity contribution in [3.05, 3.63) is 16.1 Å². The molecule has 1 amide bonds. The third-order valence-corrected chi connectivity index (χ3v) is 5.18. The summed E-state index contributed by atoms with van der Waals surface area (Å²) in [7, 11) is 0. The third kappa shape index (κ3) is 3.50. The fraction of sp³-hybridized carbons (Fsp3) is 0.750. The molecule has 5 nitrogen and oxygen atoms in total. The molecule has 2 saturated heterocycles. The zero-order valence-corrected chi connectivity index (χ0v) is 14.2. The van der Waals surface area contributed by atoms with Gasteiger partial charge in [-0.3, -0.25) is 4.79 Å². The van der Waals surface area contributed by atoms with E-state index in [1.807, 2.05) is 18.7 Å². The highest BCUT2D eigenvalue weighted by Crippen LogP contribution is 2.36. The van der Waals surface area contributed by atoms with E-state index in [1.165, 1.54) is 0 Å². The minimum absolute atomic E-state index is 0.162. The summed E-state index contributed by atoms with van der Waals surface area (Å²) < 4.78 is 12.0. The number of thiazole rings is 1. The summed E-state index contributed by atoms with van der Waals surface area (Å²) in [5.74, 6) is 0.248. The van der Waals surface area contributed by atoms with Crippen molar-refractivity contribution in [2.24, 2.45) is 0 Å². The van der Waals surface area contributed by atoms with Crippen molar-refractivity contribution in [3.63, 3.8) is 0 Å². The first kappa shape index (κ1) is 15.9. The fourth-order valence-corrected chi connectivity index (χ4v) is 3.82.